The monoisotopic (exact) mass is 391 g/mol. The summed E-state index contributed by atoms with van der Waals surface area (Å²) in [6.07, 6.45) is 3.09. The highest BCUT2D eigenvalue weighted by Crippen LogP contribution is 2.76. The van der Waals surface area contributed by atoms with Gasteiger partial charge in [0.1, 0.15) is 12.6 Å². The average Bonchev–Trinajstić information content (AvgIpc) is 2.98. The molecule has 0 aliphatic heterocycles. The number of hydrogen-bond donors (Lipinski definition) is 2. The molecule has 4 aliphatic rings. The standard InChI is InChI=1S/C24H25NO4/c1-2-23-12-24(13-23,14-23)20(21(26)27)25-22(28)29-11-19-17-9-5-3-7-15(17)16-8-4-6-10-18(16)19/h3-10,19-20H,2,11-14H2,1H3,(H,25,28)(H,26,27). The largest absolute Gasteiger partial charge is 0.480 e. The van der Waals surface area contributed by atoms with Crippen molar-refractivity contribution in [2.24, 2.45) is 10.8 Å². The molecular weight excluding hydrogens is 366 g/mol. The van der Waals surface area contributed by atoms with Gasteiger partial charge < -0.3 is 15.2 Å². The van der Waals surface area contributed by atoms with E-state index >= 15 is 0 Å². The van der Waals surface area contributed by atoms with Crippen molar-refractivity contribution in [2.45, 2.75) is 44.6 Å². The summed E-state index contributed by atoms with van der Waals surface area (Å²) in [5.41, 5.74) is 4.64. The van der Waals surface area contributed by atoms with Crippen LogP contribution in [0.3, 0.4) is 0 Å². The quantitative estimate of drug-likeness (QED) is 0.757. The second-order valence-electron chi connectivity index (χ2n) is 8.99. The Kier molecular flexibility index (Phi) is 3.99. The van der Waals surface area contributed by atoms with Gasteiger partial charge in [-0.25, -0.2) is 9.59 Å². The van der Waals surface area contributed by atoms with Gasteiger partial charge >= 0.3 is 12.1 Å². The van der Waals surface area contributed by atoms with Gasteiger partial charge in [-0.15, -0.1) is 0 Å². The lowest BCUT2D eigenvalue weighted by Crippen LogP contribution is -2.71. The fourth-order valence-corrected chi connectivity index (χ4v) is 6.00. The van der Waals surface area contributed by atoms with Crippen LogP contribution in [0, 0.1) is 10.8 Å². The predicted molar refractivity (Wildman–Crippen MR) is 109 cm³/mol. The summed E-state index contributed by atoms with van der Waals surface area (Å²) in [5, 5.41) is 12.3. The molecule has 0 saturated heterocycles. The molecule has 3 fully saturated rings. The van der Waals surface area contributed by atoms with Crippen LogP contribution in [0.25, 0.3) is 11.1 Å². The summed E-state index contributed by atoms with van der Waals surface area (Å²) in [4.78, 5) is 24.3. The molecule has 2 aromatic rings. The average molecular weight is 391 g/mol. The van der Waals surface area contributed by atoms with Crippen LogP contribution in [0.2, 0.25) is 0 Å². The Hall–Kier alpha value is -2.82. The van der Waals surface area contributed by atoms with E-state index in [0.29, 0.717) is 5.41 Å². The minimum Gasteiger partial charge on any atom is -0.480 e. The Bertz CT molecular complexity index is 933. The van der Waals surface area contributed by atoms with E-state index in [1.807, 2.05) is 24.3 Å². The summed E-state index contributed by atoms with van der Waals surface area (Å²) in [6, 6.07) is 15.4. The van der Waals surface area contributed by atoms with E-state index in [2.05, 4.69) is 36.5 Å². The van der Waals surface area contributed by atoms with Crippen LogP contribution >= 0.6 is 0 Å². The number of nitrogens with one attached hydrogen (secondary N) is 1. The van der Waals surface area contributed by atoms with Crippen LogP contribution in [0.15, 0.2) is 48.5 Å². The lowest BCUT2D eigenvalue weighted by atomic mass is 9.32. The lowest BCUT2D eigenvalue weighted by molar-refractivity contribution is -0.225. The molecule has 6 rings (SSSR count). The Morgan fingerprint density at radius 1 is 1.07 bits per heavy atom. The minimum atomic E-state index is -0.970. The number of hydrogen-bond acceptors (Lipinski definition) is 3. The number of carboxylic acid groups (broad SMARTS) is 1. The molecule has 3 saturated carbocycles. The summed E-state index contributed by atoms with van der Waals surface area (Å²) < 4.78 is 5.54. The smallest absolute Gasteiger partial charge is 0.407 e. The van der Waals surface area contributed by atoms with Crippen molar-refractivity contribution in [1.29, 1.82) is 0 Å². The zero-order chi connectivity index (χ0) is 20.2. The number of benzene rings is 2. The Labute approximate surface area is 170 Å². The Balaban J connectivity index is 1.27. The van der Waals surface area contributed by atoms with Gasteiger partial charge in [0.05, 0.1) is 0 Å². The van der Waals surface area contributed by atoms with Gasteiger partial charge in [-0.1, -0.05) is 61.9 Å². The molecular formula is C24H25NO4. The Morgan fingerprint density at radius 3 is 2.14 bits per heavy atom. The summed E-state index contributed by atoms with van der Waals surface area (Å²) >= 11 is 0. The molecule has 2 aromatic carbocycles. The van der Waals surface area contributed by atoms with E-state index in [1.54, 1.807) is 0 Å². The van der Waals surface area contributed by atoms with Crippen LogP contribution in [0.4, 0.5) is 4.79 Å². The molecule has 5 heteroatoms. The normalized spacial score (nSPS) is 27.1. The zero-order valence-corrected chi connectivity index (χ0v) is 16.5. The van der Waals surface area contributed by atoms with Crippen molar-refractivity contribution in [3.8, 4) is 11.1 Å². The van der Waals surface area contributed by atoms with Crippen LogP contribution in [-0.2, 0) is 9.53 Å². The number of carbonyl (C=O) groups excluding carboxylic acids is 1. The molecule has 2 N–H and O–H groups in total. The molecule has 0 aromatic heterocycles. The number of amides is 1. The number of fused-ring (bicyclic) bond motifs is 3. The first-order chi connectivity index (χ1) is 14.0. The summed E-state index contributed by atoms with van der Waals surface area (Å²) in [6.45, 7) is 2.34. The number of rotatable bonds is 6. The molecule has 0 heterocycles. The van der Waals surface area contributed by atoms with Crippen LogP contribution in [0.1, 0.15) is 49.7 Å². The fraction of sp³-hybridized carbons (Fsp3) is 0.417. The topological polar surface area (TPSA) is 75.6 Å². The van der Waals surface area contributed by atoms with Gasteiger partial charge in [0.25, 0.3) is 0 Å². The van der Waals surface area contributed by atoms with E-state index in [-0.39, 0.29) is 17.9 Å². The van der Waals surface area contributed by atoms with E-state index < -0.39 is 18.1 Å². The first-order valence-electron chi connectivity index (χ1n) is 10.3. The molecule has 1 unspecified atom stereocenters. The molecule has 0 spiro atoms. The maximum absolute atomic E-state index is 12.5. The number of alkyl carbamates (subject to hydrolysis) is 1. The first kappa shape index (κ1) is 18.2. The molecule has 29 heavy (non-hydrogen) atoms. The van der Waals surface area contributed by atoms with Crippen molar-refractivity contribution >= 4 is 12.1 Å². The number of ether oxygens (including phenoxy) is 1. The highest BCUT2D eigenvalue weighted by molar-refractivity contribution is 5.82. The van der Waals surface area contributed by atoms with Gasteiger partial charge in [-0.3, -0.25) is 0 Å². The van der Waals surface area contributed by atoms with Crippen LogP contribution in [0.5, 0.6) is 0 Å². The fourth-order valence-electron chi connectivity index (χ4n) is 6.00. The molecule has 1 amide bonds. The molecule has 1 atom stereocenters. The lowest BCUT2D eigenvalue weighted by Gasteiger charge is -2.72. The van der Waals surface area contributed by atoms with E-state index in [9.17, 15) is 14.7 Å². The highest BCUT2D eigenvalue weighted by Gasteiger charge is 2.71. The van der Waals surface area contributed by atoms with Crippen molar-refractivity contribution in [3.63, 3.8) is 0 Å². The molecule has 0 radical (unpaired) electrons. The molecule has 4 aliphatic carbocycles. The third-order valence-electron chi connectivity index (χ3n) is 7.40. The van der Waals surface area contributed by atoms with Gasteiger partial charge in [-0.05, 0) is 46.9 Å². The number of aliphatic carboxylic acids is 1. The van der Waals surface area contributed by atoms with E-state index in [0.717, 1.165) is 36.8 Å². The van der Waals surface area contributed by atoms with Gasteiger partial charge in [0.15, 0.2) is 0 Å². The summed E-state index contributed by atoms with van der Waals surface area (Å²) in [5.74, 6) is -1.00. The molecule has 5 nitrogen and oxygen atoms in total. The van der Waals surface area contributed by atoms with Crippen LogP contribution in [-0.4, -0.2) is 29.8 Å². The van der Waals surface area contributed by atoms with Crippen molar-refractivity contribution < 1.29 is 19.4 Å². The van der Waals surface area contributed by atoms with Crippen molar-refractivity contribution in [3.05, 3.63) is 59.7 Å². The third kappa shape index (κ3) is 2.67. The van der Waals surface area contributed by atoms with Crippen LogP contribution < -0.4 is 5.32 Å². The van der Waals surface area contributed by atoms with Crippen molar-refractivity contribution in [1.82, 2.24) is 5.32 Å². The van der Waals surface area contributed by atoms with Gasteiger partial charge in [0, 0.05) is 11.3 Å². The SMILES string of the molecule is CCC12CC(C(NC(=O)OCC3c4ccccc4-c4ccccc43)C(=O)O)(C1)C2. The van der Waals surface area contributed by atoms with E-state index in [1.165, 1.54) is 11.1 Å². The van der Waals surface area contributed by atoms with E-state index in [4.69, 9.17) is 4.74 Å². The maximum Gasteiger partial charge on any atom is 0.407 e. The van der Waals surface area contributed by atoms with Crippen molar-refractivity contribution in [2.75, 3.05) is 6.61 Å². The van der Waals surface area contributed by atoms with Gasteiger partial charge in [-0.2, -0.15) is 0 Å². The maximum atomic E-state index is 12.5. The minimum absolute atomic E-state index is 0.0327. The number of carboxylic acids is 1. The Morgan fingerprint density at radius 2 is 1.62 bits per heavy atom. The summed E-state index contributed by atoms with van der Waals surface area (Å²) in [7, 11) is 0. The molecule has 2 bridgehead atoms. The zero-order valence-electron chi connectivity index (χ0n) is 16.5. The number of carbonyl (C=O) groups is 2. The second kappa shape index (κ2) is 6.34. The van der Waals surface area contributed by atoms with Gasteiger partial charge in [0.2, 0.25) is 0 Å². The third-order valence-corrected chi connectivity index (χ3v) is 7.40. The molecule has 150 valence electrons. The predicted octanol–water partition coefficient (Wildman–Crippen LogP) is 4.56. The second-order valence-corrected chi connectivity index (χ2v) is 8.99. The first-order valence-corrected chi connectivity index (χ1v) is 10.3. The highest BCUT2D eigenvalue weighted by atomic mass is 16.5.